The van der Waals surface area contributed by atoms with Crippen LogP contribution in [0.5, 0.6) is 0 Å². The van der Waals surface area contributed by atoms with Crippen LogP contribution >= 0.6 is 0 Å². The van der Waals surface area contributed by atoms with Crippen molar-refractivity contribution in [1.82, 2.24) is 0 Å². The van der Waals surface area contributed by atoms with Gasteiger partial charge in [0, 0.05) is 12.2 Å². The van der Waals surface area contributed by atoms with Gasteiger partial charge < -0.3 is 47.4 Å². The number of rotatable bonds is 29. The second-order valence-corrected chi connectivity index (χ2v) is 10.4. The van der Waals surface area contributed by atoms with Crippen LogP contribution in [0, 0.1) is 0 Å². The van der Waals surface area contributed by atoms with Crippen molar-refractivity contribution < 1.29 is 57.0 Å². The molecule has 0 saturated carbocycles. The van der Waals surface area contributed by atoms with Crippen LogP contribution in [0.1, 0.15) is 48.5 Å². The molecule has 0 aliphatic carbocycles. The molecule has 0 rings (SSSR count). The van der Waals surface area contributed by atoms with Crippen molar-refractivity contribution in [2.75, 3.05) is 72.7 Å². The van der Waals surface area contributed by atoms with Crippen molar-refractivity contribution >= 4 is 11.9 Å². The lowest BCUT2D eigenvalue weighted by Gasteiger charge is -2.23. The Kier molecular flexibility index (Phi) is 25.3. The summed E-state index contributed by atoms with van der Waals surface area (Å²) in [5, 5.41) is 0. The Balaban J connectivity index is 3.84. The molecule has 0 aromatic rings. The molecule has 0 heterocycles. The van der Waals surface area contributed by atoms with Gasteiger partial charge in [-0.1, -0.05) is 13.2 Å². The predicted octanol–water partition coefficient (Wildman–Crippen LogP) is 3.30. The van der Waals surface area contributed by atoms with E-state index in [-0.39, 0.29) is 55.9 Å². The summed E-state index contributed by atoms with van der Waals surface area (Å²) in [4.78, 5) is 22.0. The first-order valence-corrected chi connectivity index (χ1v) is 14.9. The summed E-state index contributed by atoms with van der Waals surface area (Å²) in [7, 11) is 0. The van der Waals surface area contributed by atoms with Gasteiger partial charge in [0.1, 0.15) is 13.2 Å². The number of hydrogen-bond donors (Lipinski definition) is 0. The van der Waals surface area contributed by atoms with Crippen molar-refractivity contribution in [2.24, 2.45) is 0 Å². The van der Waals surface area contributed by atoms with Crippen molar-refractivity contribution in [3.05, 3.63) is 25.3 Å². The number of ether oxygens (including phenoxy) is 10. The summed E-state index contributed by atoms with van der Waals surface area (Å²) in [6.07, 6.45) is 1.44. The summed E-state index contributed by atoms with van der Waals surface area (Å²) >= 11 is 0. The molecule has 7 atom stereocenters. The van der Waals surface area contributed by atoms with Gasteiger partial charge in [0.05, 0.1) is 102 Å². The average Bonchev–Trinajstić information content (AvgIpc) is 2.99. The molecule has 0 amide bonds. The summed E-state index contributed by atoms with van der Waals surface area (Å²) in [6.45, 7) is 24.1. The zero-order chi connectivity index (χ0) is 32.5. The zero-order valence-electron chi connectivity index (χ0n) is 27.3. The Bertz CT molecular complexity index is 734. The van der Waals surface area contributed by atoms with Crippen LogP contribution in [0.15, 0.2) is 25.3 Å². The van der Waals surface area contributed by atoms with Crippen LogP contribution in [0.25, 0.3) is 0 Å². The van der Waals surface area contributed by atoms with E-state index in [1.807, 2.05) is 48.5 Å². The lowest BCUT2D eigenvalue weighted by atomic mass is 10.3. The van der Waals surface area contributed by atoms with E-state index in [4.69, 9.17) is 47.4 Å². The molecule has 12 heteroatoms. The van der Waals surface area contributed by atoms with E-state index in [1.54, 1.807) is 0 Å². The molecule has 0 aliphatic heterocycles. The van der Waals surface area contributed by atoms with Crippen molar-refractivity contribution in [2.45, 2.75) is 91.2 Å². The Morgan fingerprint density at radius 2 is 0.721 bits per heavy atom. The third kappa shape index (κ3) is 26.2. The second kappa shape index (κ2) is 26.5. The maximum Gasteiger partial charge on any atom is 0.330 e. The highest BCUT2D eigenvalue weighted by Gasteiger charge is 2.14. The van der Waals surface area contributed by atoms with Crippen LogP contribution in [0.2, 0.25) is 0 Å². The highest BCUT2D eigenvalue weighted by molar-refractivity contribution is 5.81. The monoisotopic (exact) mass is 620 g/mol. The fourth-order valence-electron chi connectivity index (χ4n) is 3.10. The lowest BCUT2D eigenvalue weighted by Crippen LogP contribution is -2.30. The van der Waals surface area contributed by atoms with E-state index in [0.29, 0.717) is 59.5 Å². The van der Waals surface area contributed by atoms with Crippen molar-refractivity contribution in [3.63, 3.8) is 0 Å². The highest BCUT2D eigenvalue weighted by atomic mass is 16.6. The number of carbonyl (C=O) groups excluding carboxylic acids is 2. The molecule has 0 N–H and O–H groups in total. The first-order valence-electron chi connectivity index (χ1n) is 14.9. The van der Waals surface area contributed by atoms with E-state index >= 15 is 0 Å². The largest absolute Gasteiger partial charge is 0.460 e. The van der Waals surface area contributed by atoms with Crippen molar-refractivity contribution in [3.8, 4) is 0 Å². The zero-order valence-corrected chi connectivity index (χ0v) is 27.3. The summed E-state index contributed by atoms with van der Waals surface area (Å²) in [6, 6.07) is 0. The van der Waals surface area contributed by atoms with Gasteiger partial charge in [0.15, 0.2) is 0 Å². The summed E-state index contributed by atoms with van der Waals surface area (Å²) in [5.74, 6) is -0.936. The molecule has 43 heavy (non-hydrogen) atoms. The molecule has 0 aromatic carbocycles. The van der Waals surface area contributed by atoms with Gasteiger partial charge in [-0.25, -0.2) is 9.59 Å². The SMILES string of the molecule is C=CC(=O)OCCOCC(C)OCC(C)OCC(C)OCC(C)OCC(C)OCC(C)OCC(C)OCCOC(=O)C=C. The summed E-state index contributed by atoms with van der Waals surface area (Å²) in [5.41, 5.74) is 0. The minimum Gasteiger partial charge on any atom is -0.460 e. The third-order valence-electron chi connectivity index (χ3n) is 5.58. The minimum absolute atomic E-state index is 0.104. The number of esters is 2. The van der Waals surface area contributed by atoms with Crippen LogP contribution < -0.4 is 0 Å². The first kappa shape index (κ1) is 41.1. The van der Waals surface area contributed by atoms with E-state index in [1.165, 1.54) is 0 Å². The maximum absolute atomic E-state index is 11.0. The molecule has 0 bridgehead atoms. The highest BCUT2D eigenvalue weighted by Crippen LogP contribution is 2.05. The van der Waals surface area contributed by atoms with Gasteiger partial charge in [-0.05, 0) is 48.5 Å². The topological polar surface area (TPSA) is 126 Å². The molecule has 252 valence electrons. The van der Waals surface area contributed by atoms with Crippen molar-refractivity contribution in [1.29, 1.82) is 0 Å². The first-order chi connectivity index (χ1) is 20.5. The fourth-order valence-corrected chi connectivity index (χ4v) is 3.10. The molecule has 7 unspecified atom stereocenters. The molecule has 12 nitrogen and oxygen atoms in total. The van der Waals surface area contributed by atoms with E-state index in [9.17, 15) is 9.59 Å². The molecular formula is C31H56O12. The van der Waals surface area contributed by atoms with E-state index in [2.05, 4.69) is 13.2 Å². The summed E-state index contributed by atoms with van der Waals surface area (Å²) < 4.78 is 55.6. The Hall–Kier alpha value is -1.90. The van der Waals surface area contributed by atoms with Gasteiger partial charge in [-0.2, -0.15) is 0 Å². The fraction of sp³-hybridized carbons (Fsp3) is 0.806. The number of carbonyl (C=O) groups is 2. The Labute approximate surface area is 258 Å². The van der Waals surface area contributed by atoms with E-state index in [0.717, 1.165) is 12.2 Å². The Morgan fingerprint density at radius 1 is 0.442 bits per heavy atom. The average molecular weight is 621 g/mol. The van der Waals surface area contributed by atoms with Gasteiger partial charge in [0.2, 0.25) is 0 Å². The predicted molar refractivity (Wildman–Crippen MR) is 161 cm³/mol. The van der Waals surface area contributed by atoms with Crippen LogP contribution in [0.4, 0.5) is 0 Å². The maximum atomic E-state index is 11.0. The molecule has 0 fully saturated rings. The number of hydrogen-bond acceptors (Lipinski definition) is 12. The Morgan fingerprint density at radius 3 is 1.05 bits per heavy atom. The standard InChI is InChI=1S/C31H56O12/c1-10-30(32)36-13-12-34-16-23(3)38-18-25(5)40-20-27(7)42-22-29(9)43-21-28(8)41-19-26(6)39-17-24(4)35-14-15-37-31(33)11-2/h10-11,23-29H,1-2,12-22H2,3-9H3. The molecule has 0 radical (unpaired) electrons. The molecule has 0 spiro atoms. The molecule has 0 saturated heterocycles. The van der Waals surface area contributed by atoms with Gasteiger partial charge in [-0.15, -0.1) is 0 Å². The van der Waals surface area contributed by atoms with Gasteiger partial charge >= 0.3 is 11.9 Å². The molecule has 0 aromatic heterocycles. The second-order valence-electron chi connectivity index (χ2n) is 10.4. The van der Waals surface area contributed by atoms with E-state index < -0.39 is 11.9 Å². The normalized spacial score (nSPS) is 16.3. The molecule has 0 aliphatic rings. The minimum atomic E-state index is -0.468. The van der Waals surface area contributed by atoms with Gasteiger partial charge in [-0.3, -0.25) is 0 Å². The molecular weight excluding hydrogens is 564 g/mol. The van der Waals surface area contributed by atoms with Gasteiger partial charge in [0.25, 0.3) is 0 Å². The van der Waals surface area contributed by atoms with Crippen LogP contribution in [0.3, 0.4) is 0 Å². The third-order valence-corrected chi connectivity index (χ3v) is 5.58. The van der Waals surface area contributed by atoms with Crippen LogP contribution in [-0.2, 0) is 57.0 Å². The smallest absolute Gasteiger partial charge is 0.330 e. The lowest BCUT2D eigenvalue weighted by molar-refractivity contribution is -0.141. The quantitative estimate of drug-likeness (QED) is 0.0692. The van der Waals surface area contributed by atoms with Crippen LogP contribution in [-0.4, -0.2) is 127 Å².